The van der Waals surface area contributed by atoms with Gasteiger partial charge in [-0.25, -0.2) is 4.79 Å². The molecule has 1 aromatic carbocycles. The van der Waals surface area contributed by atoms with Crippen molar-refractivity contribution in [3.63, 3.8) is 0 Å². The normalized spacial score (nSPS) is 11.6. The fourth-order valence-electron chi connectivity index (χ4n) is 1.64. The summed E-state index contributed by atoms with van der Waals surface area (Å²) in [6.07, 6.45) is 2.08. The van der Waals surface area contributed by atoms with Gasteiger partial charge in [-0.1, -0.05) is 12.1 Å². The number of esters is 1. The molecule has 0 amide bonds. The zero-order valence-corrected chi connectivity index (χ0v) is 12.8. The van der Waals surface area contributed by atoms with Gasteiger partial charge in [0.2, 0.25) is 5.83 Å². The van der Waals surface area contributed by atoms with Crippen LogP contribution in [0.3, 0.4) is 0 Å². The second kappa shape index (κ2) is 9.13. The van der Waals surface area contributed by atoms with Crippen molar-refractivity contribution in [3.8, 4) is 5.75 Å². The Morgan fingerprint density at radius 2 is 1.95 bits per heavy atom. The van der Waals surface area contributed by atoms with Crippen molar-refractivity contribution in [3.05, 3.63) is 35.7 Å². The summed E-state index contributed by atoms with van der Waals surface area (Å²) in [6, 6.07) is 6.89. The summed E-state index contributed by atoms with van der Waals surface area (Å²) in [5.41, 5.74) is 0.584. The number of hydrogen-bond acceptors (Lipinski definition) is 4. The third-order valence-electron chi connectivity index (χ3n) is 2.66. The lowest BCUT2D eigenvalue weighted by molar-refractivity contribution is -0.140. The average molecular weight is 295 g/mol. The molecule has 0 aliphatic rings. The molecule has 0 saturated heterocycles. The van der Waals surface area contributed by atoms with Crippen LogP contribution in [0.5, 0.6) is 5.75 Å². The van der Waals surface area contributed by atoms with Crippen molar-refractivity contribution >= 4 is 12.0 Å². The van der Waals surface area contributed by atoms with E-state index in [2.05, 4.69) is 9.64 Å². The Kier molecular flexibility index (Phi) is 7.46. The number of hydrogen-bond donors (Lipinski definition) is 0. The number of ether oxygens (including phenoxy) is 2. The van der Waals surface area contributed by atoms with Crippen LogP contribution in [0.4, 0.5) is 4.39 Å². The Bertz CT molecular complexity index is 469. The van der Waals surface area contributed by atoms with E-state index in [4.69, 9.17) is 4.74 Å². The highest BCUT2D eigenvalue weighted by molar-refractivity contribution is 5.91. The number of benzene rings is 1. The van der Waals surface area contributed by atoms with Crippen molar-refractivity contribution in [2.75, 3.05) is 33.9 Å². The zero-order chi connectivity index (χ0) is 15.7. The van der Waals surface area contributed by atoms with Crippen LogP contribution in [0, 0.1) is 0 Å². The minimum atomic E-state index is -0.943. The van der Waals surface area contributed by atoms with Crippen molar-refractivity contribution in [2.24, 2.45) is 0 Å². The minimum absolute atomic E-state index is 0.153. The van der Waals surface area contributed by atoms with Gasteiger partial charge in [0.15, 0.2) is 0 Å². The second-order valence-corrected chi connectivity index (χ2v) is 4.79. The number of carbonyl (C=O) groups excluding carboxylic acids is 1. The Morgan fingerprint density at radius 1 is 1.29 bits per heavy atom. The Morgan fingerprint density at radius 3 is 2.52 bits per heavy atom. The summed E-state index contributed by atoms with van der Waals surface area (Å²) < 4.78 is 23.6. The monoisotopic (exact) mass is 295 g/mol. The quantitative estimate of drug-likeness (QED) is 0.420. The van der Waals surface area contributed by atoms with Crippen LogP contribution in [0.25, 0.3) is 6.08 Å². The molecule has 21 heavy (non-hydrogen) atoms. The van der Waals surface area contributed by atoms with Crippen LogP contribution >= 0.6 is 0 Å². The number of carbonyl (C=O) groups is 1. The lowest BCUT2D eigenvalue weighted by Gasteiger charge is -2.10. The summed E-state index contributed by atoms with van der Waals surface area (Å²) >= 11 is 0. The van der Waals surface area contributed by atoms with Crippen LogP contribution in [0.15, 0.2) is 30.1 Å². The Hall–Kier alpha value is -1.88. The Labute approximate surface area is 125 Å². The van der Waals surface area contributed by atoms with Crippen molar-refractivity contribution in [1.82, 2.24) is 4.90 Å². The molecule has 0 radical (unpaired) electrons. The highest BCUT2D eigenvalue weighted by Crippen LogP contribution is 2.15. The van der Waals surface area contributed by atoms with Crippen molar-refractivity contribution < 1.29 is 18.7 Å². The topological polar surface area (TPSA) is 38.8 Å². The molecule has 0 fully saturated rings. The molecule has 4 nitrogen and oxygen atoms in total. The highest BCUT2D eigenvalue weighted by Gasteiger charge is 2.09. The molecule has 116 valence electrons. The van der Waals surface area contributed by atoms with Gasteiger partial charge in [-0.15, -0.1) is 0 Å². The summed E-state index contributed by atoms with van der Waals surface area (Å²) in [6.45, 7) is 3.38. The third kappa shape index (κ3) is 6.90. The molecule has 0 unspecified atom stereocenters. The average Bonchev–Trinajstić information content (AvgIpc) is 2.45. The molecule has 0 heterocycles. The molecular formula is C16H22FNO3. The number of rotatable bonds is 8. The molecule has 1 rings (SSSR count). The third-order valence-corrected chi connectivity index (χ3v) is 2.66. The van der Waals surface area contributed by atoms with E-state index in [1.807, 2.05) is 14.1 Å². The second-order valence-electron chi connectivity index (χ2n) is 4.79. The molecular weight excluding hydrogens is 273 g/mol. The maximum atomic E-state index is 13.4. The van der Waals surface area contributed by atoms with Crippen LogP contribution in [-0.2, 0) is 9.53 Å². The fourth-order valence-corrected chi connectivity index (χ4v) is 1.64. The van der Waals surface area contributed by atoms with Gasteiger partial charge < -0.3 is 14.4 Å². The first kappa shape index (κ1) is 17.2. The standard InChI is InChI=1S/C16H22FNO3/c1-4-20-16(19)15(17)12-13-6-8-14(9-7-13)21-11-5-10-18(2)3/h6-9,12H,4-5,10-11H2,1-3H3. The minimum Gasteiger partial charge on any atom is -0.494 e. The largest absolute Gasteiger partial charge is 0.494 e. The van der Waals surface area contributed by atoms with E-state index in [0.29, 0.717) is 12.2 Å². The summed E-state index contributed by atoms with van der Waals surface area (Å²) in [5, 5.41) is 0. The van der Waals surface area contributed by atoms with Crippen molar-refractivity contribution in [2.45, 2.75) is 13.3 Å². The maximum absolute atomic E-state index is 13.4. The van der Waals surface area contributed by atoms with Crippen LogP contribution in [0.1, 0.15) is 18.9 Å². The smallest absolute Gasteiger partial charge is 0.367 e. The van der Waals surface area contributed by atoms with Gasteiger partial charge in [0.1, 0.15) is 5.75 Å². The van der Waals surface area contributed by atoms with Gasteiger partial charge in [-0.05, 0) is 51.2 Å². The van der Waals surface area contributed by atoms with E-state index in [0.717, 1.165) is 24.8 Å². The van der Waals surface area contributed by atoms with Gasteiger partial charge in [0.25, 0.3) is 0 Å². The van der Waals surface area contributed by atoms with E-state index >= 15 is 0 Å². The van der Waals surface area contributed by atoms with E-state index in [1.165, 1.54) is 0 Å². The van der Waals surface area contributed by atoms with Crippen LogP contribution in [-0.4, -0.2) is 44.7 Å². The lowest BCUT2D eigenvalue weighted by atomic mass is 10.2. The summed E-state index contributed by atoms with van der Waals surface area (Å²) in [7, 11) is 4.03. The predicted octanol–water partition coefficient (Wildman–Crippen LogP) is 2.89. The SMILES string of the molecule is CCOC(=O)C(F)=Cc1ccc(OCCCN(C)C)cc1. The lowest BCUT2D eigenvalue weighted by Crippen LogP contribution is -2.15. The molecule has 5 heteroatoms. The molecule has 0 atom stereocenters. The zero-order valence-electron chi connectivity index (χ0n) is 12.8. The summed E-state index contributed by atoms with van der Waals surface area (Å²) in [4.78, 5) is 13.2. The van der Waals surface area contributed by atoms with Crippen molar-refractivity contribution in [1.29, 1.82) is 0 Å². The van der Waals surface area contributed by atoms with Gasteiger partial charge in [0.05, 0.1) is 13.2 Å². The van der Waals surface area contributed by atoms with Gasteiger partial charge in [0, 0.05) is 6.54 Å². The van der Waals surface area contributed by atoms with Crippen LogP contribution < -0.4 is 4.74 Å². The summed E-state index contributed by atoms with van der Waals surface area (Å²) in [5.74, 6) is -1.12. The van der Waals surface area contributed by atoms with E-state index in [9.17, 15) is 9.18 Å². The number of halogens is 1. The first-order chi connectivity index (χ1) is 10.0. The predicted molar refractivity (Wildman–Crippen MR) is 80.8 cm³/mol. The van der Waals surface area contributed by atoms with Gasteiger partial charge >= 0.3 is 5.97 Å². The molecule has 1 aromatic rings. The molecule has 0 aliphatic heterocycles. The molecule has 0 aromatic heterocycles. The van der Waals surface area contributed by atoms with Crippen LogP contribution in [0.2, 0.25) is 0 Å². The van der Waals surface area contributed by atoms with Gasteiger partial charge in [-0.3, -0.25) is 0 Å². The molecule has 0 saturated carbocycles. The Balaban J connectivity index is 2.50. The first-order valence-electron chi connectivity index (χ1n) is 6.95. The van der Waals surface area contributed by atoms with E-state index < -0.39 is 11.8 Å². The van der Waals surface area contributed by atoms with Gasteiger partial charge in [-0.2, -0.15) is 4.39 Å². The maximum Gasteiger partial charge on any atom is 0.367 e. The number of nitrogens with zero attached hydrogens (tertiary/aromatic N) is 1. The highest BCUT2D eigenvalue weighted by atomic mass is 19.1. The molecule has 0 N–H and O–H groups in total. The molecule has 0 aliphatic carbocycles. The molecule has 0 bridgehead atoms. The fraction of sp³-hybridized carbons (Fsp3) is 0.438. The van der Waals surface area contributed by atoms with E-state index in [-0.39, 0.29) is 6.61 Å². The van der Waals surface area contributed by atoms with E-state index in [1.54, 1.807) is 31.2 Å². The first-order valence-corrected chi connectivity index (χ1v) is 6.95. The molecule has 0 spiro atoms.